The van der Waals surface area contributed by atoms with Gasteiger partial charge in [0.15, 0.2) is 6.10 Å². The number of fused-ring (bicyclic) bond motifs is 1. The summed E-state index contributed by atoms with van der Waals surface area (Å²) in [4.78, 5) is 26.6. The molecular weight excluding hydrogens is 340 g/mol. The fourth-order valence-electron chi connectivity index (χ4n) is 3.67. The zero-order valence-corrected chi connectivity index (χ0v) is 15.5. The fourth-order valence-corrected chi connectivity index (χ4v) is 3.67. The predicted octanol–water partition coefficient (Wildman–Crippen LogP) is 3.04. The zero-order valence-electron chi connectivity index (χ0n) is 15.5. The number of carbonyl (C=O) groups is 2. The van der Waals surface area contributed by atoms with Crippen molar-refractivity contribution in [1.82, 2.24) is 5.32 Å². The van der Waals surface area contributed by atoms with Crippen molar-refractivity contribution in [2.75, 3.05) is 18.0 Å². The van der Waals surface area contributed by atoms with E-state index in [1.165, 1.54) is 5.56 Å². The van der Waals surface area contributed by atoms with E-state index in [4.69, 9.17) is 4.74 Å². The Bertz CT molecular complexity index is 846. The number of anilines is 1. The highest BCUT2D eigenvalue weighted by atomic mass is 16.5. The Morgan fingerprint density at radius 3 is 2.59 bits per heavy atom. The van der Waals surface area contributed by atoms with Gasteiger partial charge in [-0.05, 0) is 37.5 Å². The Labute approximate surface area is 159 Å². The summed E-state index contributed by atoms with van der Waals surface area (Å²) in [6, 6.07) is 17.8. The minimum Gasteiger partial charge on any atom is -0.479 e. The molecule has 0 radical (unpaired) electrons. The number of hydrogen-bond donors (Lipinski definition) is 1. The summed E-state index contributed by atoms with van der Waals surface area (Å²) in [6.07, 6.45) is 1.95. The molecule has 2 amide bonds. The molecule has 1 heterocycles. The van der Waals surface area contributed by atoms with Crippen LogP contribution in [0.2, 0.25) is 0 Å². The van der Waals surface area contributed by atoms with Crippen LogP contribution in [-0.2, 0) is 15.0 Å². The first-order valence-corrected chi connectivity index (χ1v) is 9.48. The lowest BCUT2D eigenvalue weighted by atomic mass is 9.96. The van der Waals surface area contributed by atoms with Crippen LogP contribution in [0, 0.1) is 0 Å². The molecule has 1 saturated carbocycles. The molecule has 1 atom stereocenters. The van der Waals surface area contributed by atoms with Crippen LogP contribution in [-0.4, -0.2) is 31.0 Å². The second kappa shape index (κ2) is 7.06. The quantitative estimate of drug-likeness (QED) is 0.857. The lowest BCUT2D eigenvalue weighted by molar-refractivity contribution is -0.125. The first kappa shape index (κ1) is 17.6. The van der Waals surface area contributed by atoms with E-state index in [-0.39, 0.29) is 23.7 Å². The Balaban J connectivity index is 1.35. The molecule has 0 bridgehead atoms. The van der Waals surface area contributed by atoms with Crippen LogP contribution in [0.1, 0.15) is 31.7 Å². The van der Waals surface area contributed by atoms with Crippen LogP contribution in [0.3, 0.4) is 0 Å². The fraction of sp³-hybridized carbons (Fsp3) is 0.364. The monoisotopic (exact) mass is 364 g/mol. The lowest BCUT2D eigenvalue weighted by Crippen LogP contribution is -2.46. The summed E-state index contributed by atoms with van der Waals surface area (Å²) < 4.78 is 5.64. The smallest absolute Gasteiger partial charge is 0.267 e. The van der Waals surface area contributed by atoms with Crippen molar-refractivity contribution >= 4 is 17.5 Å². The maximum Gasteiger partial charge on any atom is 0.267 e. The minimum atomic E-state index is -0.532. The van der Waals surface area contributed by atoms with Crippen LogP contribution < -0.4 is 15.0 Å². The van der Waals surface area contributed by atoms with Crippen LogP contribution in [0.15, 0.2) is 54.6 Å². The largest absolute Gasteiger partial charge is 0.479 e. The Hall–Kier alpha value is -2.82. The normalized spacial score (nSPS) is 19.8. The van der Waals surface area contributed by atoms with Crippen molar-refractivity contribution in [3.63, 3.8) is 0 Å². The number of hydrogen-bond acceptors (Lipinski definition) is 3. The van der Waals surface area contributed by atoms with Crippen molar-refractivity contribution < 1.29 is 14.3 Å². The van der Waals surface area contributed by atoms with Crippen molar-refractivity contribution in [2.24, 2.45) is 0 Å². The molecule has 5 heteroatoms. The zero-order chi connectivity index (χ0) is 18.9. The minimum absolute atomic E-state index is 0.0263. The van der Waals surface area contributed by atoms with E-state index in [1.54, 1.807) is 11.8 Å². The van der Waals surface area contributed by atoms with Gasteiger partial charge in [0, 0.05) is 24.9 Å². The molecule has 140 valence electrons. The molecule has 1 aliphatic heterocycles. The molecule has 0 spiro atoms. The molecule has 1 N–H and O–H groups in total. The van der Waals surface area contributed by atoms with Crippen LogP contribution in [0.5, 0.6) is 5.75 Å². The van der Waals surface area contributed by atoms with Gasteiger partial charge < -0.3 is 15.0 Å². The van der Waals surface area contributed by atoms with Gasteiger partial charge in [-0.3, -0.25) is 9.59 Å². The summed E-state index contributed by atoms with van der Waals surface area (Å²) in [5, 5.41) is 3.07. The molecule has 0 saturated heterocycles. The molecule has 0 aromatic heterocycles. The molecule has 5 nitrogen and oxygen atoms in total. The van der Waals surface area contributed by atoms with E-state index >= 15 is 0 Å². The Morgan fingerprint density at radius 2 is 1.85 bits per heavy atom. The molecule has 2 aromatic carbocycles. The van der Waals surface area contributed by atoms with Gasteiger partial charge in [0.05, 0.1) is 5.69 Å². The third-order valence-corrected chi connectivity index (χ3v) is 5.50. The number of nitrogens with one attached hydrogen (secondary N) is 1. The van der Waals surface area contributed by atoms with Crippen LogP contribution in [0.25, 0.3) is 0 Å². The van der Waals surface area contributed by atoms with Gasteiger partial charge in [0.2, 0.25) is 5.91 Å². The van der Waals surface area contributed by atoms with Crippen molar-refractivity contribution in [3.05, 3.63) is 60.2 Å². The first-order valence-electron chi connectivity index (χ1n) is 9.48. The number of carbonyl (C=O) groups excluding carboxylic acids is 2. The highest BCUT2D eigenvalue weighted by Crippen LogP contribution is 2.47. The van der Waals surface area contributed by atoms with E-state index in [1.807, 2.05) is 42.5 Å². The average molecular weight is 364 g/mol. The maximum atomic E-state index is 12.5. The second-order valence-corrected chi connectivity index (χ2v) is 7.39. The average Bonchev–Trinajstić information content (AvgIpc) is 3.49. The van der Waals surface area contributed by atoms with Crippen LogP contribution in [0.4, 0.5) is 5.69 Å². The van der Waals surface area contributed by atoms with E-state index in [9.17, 15) is 9.59 Å². The number of nitrogens with zero attached hydrogens (tertiary/aromatic N) is 1. The van der Waals surface area contributed by atoms with Crippen molar-refractivity contribution in [1.29, 1.82) is 0 Å². The van der Waals surface area contributed by atoms with Crippen molar-refractivity contribution in [3.8, 4) is 5.75 Å². The van der Waals surface area contributed by atoms with E-state index in [0.717, 1.165) is 18.5 Å². The summed E-state index contributed by atoms with van der Waals surface area (Å²) in [5.74, 6) is 0.553. The first-order chi connectivity index (χ1) is 13.1. The molecule has 1 aliphatic carbocycles. The Morgan fingerprint density at radius 1 is 1.15 bits per heavy atom. The van der Waals surface area contributed by atoms with E-state index in [0.29, 0.717) is 18.8 Å². The van der Waals surface area contributed by atoms with Gasteiger partial charge in [-0.2, -0.15) is 0 Å². The third kappa shape index (κ3) is 3.54. The highest BCUT2D eigenvalue weighted by molar-refractivity contribution is 6.00. The summed E-state index contributed by atoms with van der Waals surface area (Å²) in [7, 11) is 0. The highest BCUT2D eigenvalue weighted by Gasteiger charge is 2.44. The second-order valence-electron chi connectivity index (χ2n) is 7.39. The van der Waals surface area contributed by atoms with Gasteiger partial charge in [-0.15, -0.1) is 0 Å². The number of para-hydroxylation sites is 2. The molecular formula is C22H24N2O3. The topological polar surface area (TPSA) is 58.6 Å². The predicted molar refractivity (Wildman–Crippen MR) is 104 cm³/mol. The molecule has 0 unspecified atom stereocenters. The summed E-state index contributed by atoms with van der Waals surface area (Å²) in [6.45, 7) is 2.75. The number of ether oxygens (including phenoxy) is 1. The molecule has 4 rings (SSSR count). The van der Waals surface area contributed by atoms with Gasteiger partial charge in [-0.1, -0.05) is 42.5 Å². The number of benzene rings is 2. The SMILES string of the molecule is C[C@@H]1Oc2ccccc2N(CCC(=O)NCC2(c3ccccc3)CC2)C1=O. The van der Waals surface area contributed by atoms with E-state index in [2.05, 4.69) is 17.4 Å². The number of rotatable bonds is 6. The lowest BCUT2D eigenvalue weighted by Gasteiger charge is -2.32. The molecule has 1 fully saturated rings. The number of amides is 2. The summed E-state index contributed by atoms with van der Waals surface area (Å²) >= 11 is 0. The summed E-state index contributed by atoms with van der Waals surface area (Å²) in [5.41, 5.74) is 2.11. The molecule has 2 aliphatic rings. The van der Waals surface area contributed by atoms with Crippen LogP contribution >= 0.6 is 0 Å². The third-order valence-electron chi connectivity index (χ3n) is 5.50. The molecule has 27 heavy (non-hydrogen) atoms. The van der Waals surface area contributed by atoms with Gasteiger partial charge in [0.25, 0.3) is 5.91 Å². The Kier molecular flexibility index (Phi) is 4.60. The van der Waals surface area contributed by atoms with Gasteiger partial charge >= 0.3 is 0 Å². The maximum absolute atomic E-state index is 12.5. The van der Waals surface area contributed by atoms with Crippen molar-refractivity contribution in [2.45, 2.75) is 37.7 Å². The van der Waals surface area contributed by atoms with E-state index < -0.39 is 6.10 Å². The molecule has 2 aromatic rings. The van der Waals surface area contributed by atoms with Gasteiger partial charge in [-0.25, -0.2) is 0 Å². The standard InChI is InChI=1S/C22H24N2O3/c1-16-21(26)24(18-9-5-6-10-19(18)27-16)14-11-20(25)23-15-22(12-13-22)17-7-3-2-4-8-17/h2-10,16H,11-15H2,1H3,(H,23,25)/t16-/m0/s1. The van der Waals surface area contributed by atoms with Gasteiger partial charge in [0.1, 0.15) is 5.75 Å².